The first-order valence-electron chi connectivity index (χ1n) is 6.45. The Morgan fingerprint density at radius 3 is 2.55 bits per heavy atom. The molecule has 0 saturated carbocycles. The summed E-state index contributed by atoms with van der Waals surface area (Å²) in [6.45, 7) is 6.07. The fourth-order valence-electron chi connectivity index (χ4n) is 1.86. The van der Waals surface area contributed by atoms with Crippen LogP contribution in [0.25, 0.3) is 0 Å². The van der Waals surface area contributed by atoms with Gasteiger partial charge in [0, 0.05) is 17.7 Å². The number of hydrogen-bond acceptors (Lipinski definition) is 4. The zero-order valence-corrected chi connectivity index (χ0v) is 12.8. The van der Waals surface area contributed by atoms with Gasteiger partial charge < -0.3 is 10.1 Å². The second kappa shape index (κ2) is 6.09. The van der Waals surface area contributed by atoms with E-state index >= 15 is 0 Å². The van der Waals surface area contributed by atoms with E-state index in [0.717, 1.165) is 22.8 Å². The molecule has 1 N–H and O–H groups in total. The fourth-order valence-corrected chi connectivity index (χ4v) is 2.05. The Kier molecular flexibility index (Phi) is 4.45. The predicted molar refractivity (Wildman–Crippen MR) is 82.1 cm³/mol. The van der Waals surface area contributed by atoms with Crippen molar-refractivity contribution in [1.82, 2.24) is 9.97 Å². The number of rotatable bonds is 4. The molecule has 0 amide bonds. The van der Waals surface area contributed by atoms with Gasteiger partial charge in [0.25, 0.3) is 0 Å². The monoisotopic (exact) mass is 291 g/mol. The van der Waals surface area contributed by atoms with Gasteiger partial charge >= 0.3 is 0 Å². The molecule has 0 radical (unpaired) electrons. The molecule has 20 heavy (non-hydrogen) atoms. The Bertz CT molecular complexity index is 614. The summed E-state index contributed by atoms with van der Waals surface area (Å²) in [6.07, 6.45) is 0. The first-order chi connectivity index (χ1) is 9.49. The first-order valence-corrected chi connectivity index (χ1v) is 6.83. The zero-order valence-electron chi connectivity index (χ0n) is 12.1. The zero-order chi connectivity index (χ0) is 14.7. The standard InChI is InChI=1S/C15H18ClN3O/c1-9(2)15-18-13(16)8-14(19-15)17-11-5-6-12(20-4)10(3)7-11/h5-9H,1-4H3,(H,17,18,19). The lowest BCUT2D eigenvalue weighted by molar-refractivity contribution is 0.412. The van der Waals surface area contributed by atoms with Crippen LogP contribution in [0, 0.1) is 6.92 Å². The van der Waals surface area contributed by atoms with Crippen LogP contribution in [0.15, 0.2) is 24.3 Å². The van der Waals surface area contributed by atoms with Crippen LogP contribution in [0.5, 0.6) is 5.75 Å². The van der Waals surface area contributed by atoms with Gasteiger partial charge in [0.05, 0.1) is 7.11 Å². The van der Waals surface area contributed by atoms with Gasteiger partial charge in [-0.25, -0.2) is 9.97 Å². The molecule has 2 rings (SSSR count). The van der Waals surface area contributed by atoms with E-state index in [0.29, 0.717) is 11.0 Å². The highest BCUT2D eigenvalue weighted by Crippen LogP contribution is 2.25. The van der Waals surface area contributed by atoms with Crippen molar-refractivity contribution in [2.45, 2.75) is 26.7 Å². The van der Waals surface area contributed by atoms with Gasteiger partial charge in [-0.1, -0.05) is 25.4 Å². The summed E-state index contributed by atoms with van der Waals surface area (Å²) >= 11 is 6.03. The third-order valence-electron chi connectivity index (χ3n) is 2.90. The van der Waals surface area contributed by atoms with E-state index in [1.165, 1.54) is 0 Å². The van der Waals surface area contributed by atoms with Crippen LogP contribution in [0.3, 0.4) is 0 Å². The van der Waals surface area contributed by atoms with Crippen LogP contribution in [-0.4, -0.2) is 17.1 Å². The molecule has 0 bridgehead atoms. The minimum Gasteiger partial charge on any atom is -0.496 e. The van der Waals surface area contributed by atoms with Gasteiger partial charge in [0.15, 0.2) is 0 Å². The molecule has 2 aromatic rings. The molecular weight excluding hydrogens is 274 g/mol. The molecule has 0 fully saturated rings. The average Bonchev–Trinajstić information content (AvgIpc) is 2.38. The van der Waals surface area contributed by atoms with E-state index in [9.17, 15) is 0 Å². The summed E-state index contributed by atoms with van der Waals surface area (Å²) in [5, 5.41) is 3.68. The smallest absolute Gasteiger partial charge is 0.135 e. The maximum atomic E-state index is 6.03. The number of anilines is 2. The lowest BCUT2D eigenvalue weighted by atomic mass is 10.2. The highest BCUT2D eigenvalue weighted by atomic mass is 35.5. The van der Waals surface area contributed by atoms with Crippen molar-refractivity contribution in [3.8, 4) is 5.75 Å². The van der Waals surface area contributed by atoms with E-state index in [1.54, 1.807) is 13.2 Å². The summed E-state index contributed by atoms with van der Waals surface area (Å²) in [5.74, 6) is 2.51. The molecule has 0 aliphatic carbocycles. The number of methoxy groups -OCH3 is 1. The fraction of sp³-hybridized carbons (Fsp3) is 0.333. The topological polar surface area (TPSA) is 47.0 Å². The Morgan fingerprint density at radius 1 is 1.20 bits per heavy atom. The van der Waals surface area contributed by atoms with E-state index in [-0.39, 0.29) is 5.92 Å². The van der Waals surface area contributed by atoms with Crippen LogP contribution in [0.1, 0.15) is 31.2 Å². The number of nitrogens with one attached hydrogen (secondary N) is 1. The molecule has 1 aromatic heterocycles. The van der Waals surface area contributed by atoms with E-state index < -0.39 is 0 Å². The van der Waals surface area contributed by atoms with Gasteiger partial charge in [-0.15, -0.1) is 0 Å². The average molecular weight is 292 g/mol. The Hall–Kier alpha value is -1.81. The van der Waals surface area contributed by atoms with Crippen molar-refractivity contribution in [2.24, 2.45) is 0 Å². The molecular formula is C15H18ClN3O. The van der Waals surface area contributed by atoms with Gasteiger partial charge in [0.1, 0.15) is 22.5 Å². The minimum atomic E-state index is 0.229. The Morgan fingerprint density at radius 2 is 1.95 bits per heavy atom. The van der Waals surface area contributed by atoms with Crippen LogP contribution < -0.4 is 10.1 Å². The molecule has 1 heterocycles. The highest BCUT2D eigenvalue weighted by Gasteiger charge is 2.08. The molecule has 106 valence electrons. The van der Waals surface area contributed by atoms with Crippen LogP contribution >= 0.6 is 11.6 Å². The number of aromatic nitrogens is 2. The Balaban J connectivity index is 2.27. The normalized spacial score (nSPS) is 10.7. The van der Waals surface area contributed by atoms with Crippen molar-refractivity contribution in [3.05, 3.63) is 40.8 Å². The van der Waals surface area contributed by atoms with Crippen molar-refractivity contribution in [1.29, 1.82) is 0 Å². The van der Waals surface area contributed by atoms with Gasteiger partial charge in [-0.05, 0) is 30.7 Å². The lowest BCUT2D eigenvalue weighted by Gasteiger charge is -2.11. The number of halogens is 1. The summed E-state index contributed by atoms with van der Waals surface area (Å²) in [4.78, 5) is 8.68. The van der Waals surface area contributed by atoms with Crippen molar-refractivity contribution in [3.63, 3.8) is 0 Å². The summed E-state index contributed by atoms with van der Waals surface area (Å²) < 4.78 is 5.25. The molecule has 0 saturated heterocycles. The third kappa shape index (κ3) is 3.39. The quantitative estimate of drug-likeness (QED) is 0.853. The minimum absolute atomic E-state index is 0.229. The molecule has 0 atom stereocenters. The molecule has 0 unspecified atom stereocenters. The molecule has 0 aliphatic rings. The maximum absolute atomic E-state index is 6.03. The summed E-state index contributed by atoms with van der Waals surface area (Å²) in [6, 6.07) is 7.58. The second-order valence-corrected chi connectivity index (χ2v) is 5.29. The van der Waals surface area contributed by atoms with E-state index in [2.05, 4.69) is 15.3 Å². The van der Waals surface area contributed by atoms with E-state index in [1.807, 2.05) is 39.0 Å². The number of ether oxygens (including phenoxy) is 1. The van der Waals surface area contributed by atoms with Crippen molar-refractivity contribution >= 4 is 23.1 Å². The number of benzene rings is 1. The lowest BCUT2D eigenvalue weighted by Crippen LogP contribution is -2.02. The van der Waals surface area contributed by atoms with Crippen molar-refractivity contribution < 1.29 is 4.74 Å². The van der Waals surface area contributed by atoms with Crippen LogP contribution in [0.4, 0.5) is 11.5 Å². The molecule has 4 nitrogen and oxygen atoms in total. The molecule has 0 spiro atoms. The predicted octanol–water partition coefficient (Wildman–Crippen LogP) is 4.31. The largest absolute Gasteiger partial charge is 0.496 e. The molecule has 5 heteroatoms. The summed E-state index contributed by atoms with van der Waals surface area (Å²) in [7, 11) is 1.66. The van der Waals surface area contributed by atoms with Crippen molar-refractivity contribution in [2.75, 3.05) is 12.4 Å². The van der Waals surface area contributed by atoms with E-state index in [4.69, 9.17) is 16.3 Å². The maximum Gasteiger partial charge on any atom is 0.135 e. The van der Waals surface area contributed by atoms with Crippen LogP contribution in [-0.2, 0) is 0 Å². The van der Waals surface area contributed by atoms with Crippen LogP contribution in [0.2, 0.25) is 5.15 Å². The molecule has 0 aliphatic heterocycles. The van der Waals surface area contributed by atoms with Gasteiger partial charge in [0.2, 0.25) is 0 Å². The number of aryl methyl sites for hydroxylation is 1. The van der Waals surface area contributed by atoms with Gasteiger partial charge in [-0.2, -0.15) is 0 Å². The second-order valence-electron chi connectivity index (χ2n) is 4.90. The summed E-state index contributed by atoms with van der Waals surface area (Å²) in [5.41, 5.74) is 1.99. The highest BCUT2D eigenvalue weighted by molar-refractivity contribution is 6.29. The third-order valence-corrected chi connectivity index (χ3v) is 3.09. The number of hydrogen-bond donors (Lipinski definition) is 1. The Labute approximate surface area is 124 Å². The first kappa shape index (κ1) is 14.6. The SMILES string of the molecule is COc1ccc(Nc2cc(Cl)nc(C(C)C)n2)cc1C. The van der Waals surface area contributed by atoms with Gasteiger partial charge in [-0.3, -0.25) is 0 Å². The molecule has 1 aromatic carbocycles. The number of nitrogens with zero attached hydrogens (tertiary/aromatic N) is 2.